The lowest BCUT2D eigenvalue weighted by atomic mass is 9.88. The number of Topliss-reactive ketones (excluding diaryl/α,β-unsaturated/α-hetero) is 1. The van der Waals surface area contributed by atoms with Crippen molar-refractivity contribution in [2.75, 3.05) is 6.54 Å². The van der Waals surface area contributed by atoms with Crippen LogP contribution in [-0.2, 0) is 4.79 Å². The van der Waals surface area contributed by atoms with Crippen LogP contribution in [0.2, 0.25) is 0 Å². The minimum absolute atomic E-state index is 0.0388. The van der Waals surface area contributed by atoms with Gasteiger partial charge in [-0.1, -0.05) is 6.42 Å². The first-order valence-electron chi connectivity index (χ1n) is 4.95. The van der Waals surface area contributed by atoms with Gasteiger partial charge in [-0.05, 0) is 19.8 Å². The molecule has 5 nitrogen and oxygen atoms in total. The Morgan fingerprint density at radius 1 is 1.64 bits per heavy atom. The predicted molar refractivity (Wildman–Crippen MR) is 55.2 cm³/mol. The Labute approximate surface area is 84.1 Å². The van der Waals surface area contributed by atoms with Gasteiger partial charge >= 0.3 is 0 Å². The molecule has 0 saturated heterocycles. The topological polar surface area (TPSA) is 84.7 Å². The van der Waals surface area contributed by atoms with Crippen LogP contribution in [0.4, 0.5) is 0 Å². The summed E-state index contributed by atoms with van der Waals surface area (Å²) < 4.78 is 0. The van der Waals surface area contributed by atoms with E-state index in [4.69, 9.17) is 11.6 Å². The van der Waals surface area contributed by atoms with Crippen LogP contribution in [0.1, 0.15) is 32.6 Å². The van der Waals surface area contributed by atoms with Crippen molar-refractivity contribution in [2.45, 2.75) is 32.6 Å². The van der Waals surface area contributed by atoms with E-state index in [2.05, 4.69) is 5.10 Å². The quantitative estimate of drug-likeness (QED) is 0.294. The first-order chi connectivity index (χ1) is 6.59. The normalized spacial score (nSPS) is 23.7. The van der Waals surface area contributed by atoms with Crippen LogP contribution in [0.5, 0.6) is 0 Å². The Balaban J connectivity index is 2.42. The first-order valence-corrected chi connectivity index (χ1v) is 4.95. The molecule has 0 spiro atoms. The number of amidine groups is 1. The maximum atomic E-state index is 11.5. The number of hydrazone groups is 1. The lowest BCUT2D eigenvalue weighted by molar-refractivity contribution is -0.125. The number of carbonyl (C=O) groups is 1. The third-order valence-electron chi connectivity index (χ3n) is 2.37. The van der Waals surface area contributed by atoms with E-state index in [9.17, 15) is 4.79 Å². The summed E-state index contributed by atoms with van der Waals surface area (Å²) in [5.41, 5.74) is 5.38. The zero-order valence-electron chi connectivity index (χ0n) is 8.57. The molecule has 0 aromatic carbocycles. The lowest BCUT2D eigenvalue weighted by Crippen LogP contribution is -2.37. The lowest BCUT2D eigenvalue weighted by Gasteiger charge is -2.23. The summed E-state index contributed by atoms with van der Waals surface area (Å²) in [6.07, 6.45) is 3.73. The molecule has 14 heavy (non-hydrogen) atoms. The second-order valence-electron chi connectivity index (χ2n) is 3.77. The highest BCUT2D eigenvalue weighted by Crippen LogP contribution is 2.20. The number of nitrogens with zero attached hydrogens (tertiary/aromatic N) is 2. The molecule has 1 unspecified atom stereocenters. The van der Waals surface area contributed by atoms with Crippen LogP contribution < -0.4 is 11.6 Å². The monoisotopic (exact) mass is 198 g/mol. The van der Waals surface area contributed by atoms with Crippen molar-refractivity contribution in [3.05, 3.63) is 0 Å². The fraction of sp³-hybridized carbons (Fsp3) is 0.778. The Morgan fingerprint density at radius 2 is 2.36 bits per heavy atom. The van der Waals surface area contributed by atoms with Crippen LogP contribution in [-0.4, -0.2) is 23.3 Å². The second-order valence-corrected chi connectivity index (χ2v) is 3.77. The number of hydrogen-bond donors (Lipinski definition) is 2. The number of rotatable bonds is 3. The van der Waals surface area contributed by atoms with E-state index >= 15 is 0 Å². The summed E-state index contributed by atoms with van der Waals surface area (Å²) in [4.78, 5) is 11.5. The number of ketones is 1. The number of hydrazine groups is 1. The standard InChI is InChI=1S/C9H18N4O/c1-7(10)12-13(11)6-8-4-2-3-5-9(8)14/h8H,2-6,11H2,1H3,(H2,10,12). The average Bonchev–Trinajstić information content (AvgIpc) is 2.07. The van der Waals surface area contributed by atoms with Crippen LogP contribution >= 0.6 is 0 Å². The molecule has 0 radical (unpaired) electrons. The second kappa shape index (κ2) is 4.95. The molecule has 1 fully saturated rings. The van der Waals surface area contributed by atoms with Gasteiger partial charge in [0.2, 0.25) is 0 Å². The predicted octanol–water partition coefficient (Wildman–Crippen LogP) is 0.213. The van der Waals surface area contributed by atoms with Crippen molar-refractivity contribution in [1.82, 2.24) is 5.12 Å². The molecule has 1 atom stereocenters. The van der Waals surface area contributed by atoms with E-state index in [-0.39, 0.29) is 5.92 Å². The molecule has 0 bridgehead atoms. The van der Waals surface area contributed by atoms with Crippen molar-refractivity contribution >= 4 is 11.6 Å². The average molecular weight is 198 g/mol. The molecule has 5 heteroatoms. The van der Waals surface area contributed by atoms with E-state index in [1.54, 1.807) is 6.92 Å². The van der Waals surface area contributed by atoms with Crippen molar-refractivity contribution < 1.29 is 4.79 Å². The summed E-state index contributed by atoms with van der Waals surface area (Å²) in [7, 11) is 0. The minimum atomic E-state index is 0.0388. The summed E-state index contributed by atoms with van der Waals surface area (Å²) in [5, 5.41) is 5.13. The van der Waals surface area contributed by atoms with E-state index in [0.29, 0.717) is 24.6 Å². The molecule has 80 valence electrons. The third-order valence-corrected chi connectivity index (χ3v) is 2.37. The van der Waals surface area contributed by atoms with Crippen LogP contribution in [0.15, 0.2) is 5.10 Å². The van der Waals surface area contributed by atoms with Gasteiger partial charge in [0, 0.05) is 12.3 Å². The van der Waals surface area contributed by atoms with Gasteiger partial charge in [0.05, 0.1) is 6.54 Å². The van der Waals surface area contributed by atoms with E-state index in [1.165, 1.54) is 5.12 Å². The molecule has 4 N–H and O–H groups in total. The Bertz CT molecular complexity index is 235. The van der Waals surface area contributed by atoms with Crippen LogP contribution in [0.3, 0.4) is 0 Å². The molecular weight excluding hydrogens is 180 g/mol. The Kier molecular flexibility index (Phi) is 3.88. The molecule has 0 aromatic rings. The molecule has 1 aliphatic carbocycles. The Hall–Kier alpha value is -1.10. The summed E-state index contributed by atoms with van der Waals surface area (Å²) >= 11 is 0. The van der Waals surface area contributed by atoms with Gasteiger partial charge in [0.15, 0.2) is 0 Å². The van der Waals surface area contributed by atoms with Gasteiger partial charge in [-0.25, -0.2) is 11.0 Å². The van der Waals surface area contributed by atoms with Crippen molar-refractivity contribution in [1.29, 1.82) is 0 Å². The largest absolute Gasteiger partial charge is 0.386 e. The van der Waals surface area contributed by atoms with Gasteiger partial charge in [-0.3, -0.25) is 4.79 Å². The number of nitrogens with two attached hydrogens (primary N) is 2. The van der Waals surface area contributed by atoms with Crippen molar-refractivity contribution in [3.63, 3.8) is 0 Å². The van der Waals surface area contributed by atoms with Crippen molar-refractivity contribution in [3.8, 4) is 0 Å². The molecule has 0 amide bonds. The first kappa shape index (κ1) is 11.0. The molecular formula is C9H18N4O. The maximum absolute atomic E-state index is 11.5. The Morgan fingerprint density at radius 3 is 2.93 bits per heavy atom. The molecule has 1 saturated carbocycles. The van der Waals surface area contributed by atoms with E-state index < -0.39 is 0 Å². The molecule has 1 aliphatic rings. The zero-order valence-corrected chi connectivity index (χ0v) is 8.57. The van der Waals surface area contributed by atoms with Crippen LogP contribution in [0, 0.1) is 5.92 Å². The SMILES string of the molecule is C/C(N)=N/N(N)CC1CCCCC1=O. The fourth-order valence-electron chi connectivity index (χ4n) is 1.72. The van der Waals surface area contributed by atoms with Gasteiger partial charge in [0.25, 0.3) is 0 Å². The van der Waals surface area contributed by atoms with Gasteiger partial charge < -0.3 is 5.73 Å². The number of carbonyl (C=O) groups excluding carboxylic acids is 1. The number of hydrogen-bond acceptors (Lipinski definition) is 4. The highest BCUT2D eigenvalue weighted by molar-refractivity contribution is 5.81. The highest BCUT2D eigenvalue weighted by Gasteiger charge is 2.23. The summed E-state index contributed by atoms with van der Waals surface area (Å²) in [6.45, 7) is 2.15. The molecule has 0 aliphatic heterocycles. The maximum Gasteiger partial charge on any atom is 0.137 e. The highest BCUT2D eigenvalue weighted by atomic mass is 16.1. The van der Waals surface area contributed by atoms with E-state index in [1.807, 2.05) is 0 Å². The summed E-state index contributed by atoms with van der Waals surface area (Å²) in [5.74, 6) is 6.34. The molecule has 1 rings (SSSR count). The molecule has 0 aromatic heterocycles. The van der Waals surface area contributed by atoms with Crippen LogP contribution in [0.25, 0.3) is 0 Å². The van der Waals surface area contributed by atoms with Crippen molar-refractivity contribution in [2.24, 2.45) is 22.6 Å². The smallest absolute Gasteiger partial charge is 0.137 e. The minimum Gasteiger partial charge on any atom is -0.386 e. The zero-order chi connectivity index (χ0) is 10.6. The summed E-state index contributed by atoms with van der Waals surface area (Å²) in [6, 6.07) is 0. The molecule has 0 heterocycles. The third kappa shape index (κ3) is 3.33. The van der Waals surface area contributed by atoms with E-state index in [0.717, 1.165) is 19.3 Å². The van der Waals surface area contributed by atoms with Gasteiger partial charge in [-0.2, -0.15) is 0 Å². The van der Waals surface area contributed by atoms with Gasteiger partial charge in [-0.15, -0.1) is 5.10 Å². The fourth-order valence-corrected chi connectivity index (χ4v) is 1.72. The van der Waals surface area contributed by atoms with Gasteiger partial charge in [0.1, 0.15) is 11.6 Å².